The summed E-state index contributed by atoms with van der Waals surface area (Å²) in [6.45, 7) is 4.90. The largest absolute Gasteiger partial charge is 0.337 e. The molecule has 1 N–H and O–H groups in total. The molecular formula is C12H13BrFN3O. The van der Waals surface area contributed by atoms with E-state index in [0.717, 1.165) is 11.0 Å². The molecule has 0 amide bonds. The number of hydrogen-bond donors (Lipinski definition) is 1. The van der Waals surface area contributed by atoms with Crippen molar-refractivity contribution in [1.82, 2.24) is 10.1 Å². The lowest BCUT2D eigenvalue weighted by molar-refractivity contribution is 0.429. The van der Waals surface area contributed by atoms with Crippen LogP contribution in [0.2, 0.25) is 0 Å². The van der Waals surface area contributed by atoms with E-state index in [-0.39, 0.29) is 5.82 Å². The molecule has 0 aliphatic carbocycles. The van der Waals surface area contributed by atoms with Crippen molar-refractivity contribution >= 4 is 21.9 Å². The van der Waals surface area contributed by atoms with Gasteiger partial charge >= 0.3 is 6.01 Å². The van der Waals surface area contributed by atoms with Gasteiger partial charge in [0.1, 0.15) is 5.82 Å². The predicted octanol–water partition coefficient (Wildman–Crippen LogP) is 3.71. The third-order valence-electron chi connectivity index (χ3n) is 2.26. The van der Waals surface area contributed by atoms with Crippen LogP contribution in [0.3, 0.4) is 0 Å². The molecule has 96 valence electrons. The van der Waals surface area contributed by atoms with E-state index in [1.165, 1.54) is 12.1 Å². The zero-order valence-corrected chi connectivity index (χ0v) is 11.7. The maximum Gasteiger partial charge on any atom is 0.321 e. The molecule has 4 nitrogen and oxygen atoms in total. The van der Waals surface area contributed by atoms with Gasteiger partial charge in [-0.05, 0) is 24.1 Å². The lowest BCUT2D eigenvalue weighted by atomic mass is 10.2. The number of anilines is 1. The molecule has 0 spiro atoms. The zero-order valence-electron chi connectivity index (χ0n) is 10.1. The van der Waals surface area contributed by atoms with Crippen LogP contribution in [-0.4, -0.2) is 16.7 Å². The SMILES string of the molecule is CC(C)CNc1nc(-c2cc(F)ccc2Br)no1. The summed E-state index contributed by atoms with van der Waals surface area (Å²) < 4.78 is 18.9. The molecule has 6 heteroatoms. The average molecular weight is 314 g/mol. The normalized spacial score (nSPS) is 10.9. The van der Waals surface area contributed by atoms with Gasteiger partial charge in [-0.25, -0.2) is 4.39 Å². The van der Waals surface area contributed by atoms with Gasteiger partial charge < -0.3 is 9.84 Å². The quantitative estimate of drug-likeness (QED) is 0.935. The number of rotatable bonds is 4. The second-order valence-corrected chi connectivity index (χ2v) is 5.18. The molecule has 0 atom stereocenters. The maximum absolute atomic E-state index is 13.2. The number of hydrogen-bond acceptors (Lipinski definition) is 4. The minimum atomic E-state index is -0.338. The lowest BCUT2D eigenvalue weighted by Gasteiger charge is -2.02. The molecule has 2 rings (SSSR count). The van der Waals surface area contributed by atoms with Crippen molar-refractivity contribution in [2.24, 2.45) is 5.92 Å². The van der Waals surface area contributed by atoms with E-state index in [1.807, 2.05) is 0 Å². The lowest BCUT2D eigenvalue weighted by Crippen LogP contribution is -2.07. The fourth-order valence-corrected chi connectivity index (χ4v) is 1.79. The molecule has 0 aliphatic rings. The summed E-state index contributed by atoms with van der Waals surface area (Å²) in [7, 11) is 0. The standard InChI is InChI=1S/C12H13BrFN3O/c1-7(2)6-15-12-16-11(17-18-12)9-5-8(14)3-4-10(9)13/h3-5,7H,6H2,1-2H3,(H,15,16,17). The van der Waals surface area contributed by atoms with Crippen LogP contribution in [0.15, 0.2) is 27.2 Å². The highest BCUT2D eigenvalue weighted by Gasteiger charge is 2.12. The van der Waals surface area contributed by atoms with Crippen LogP contribution in [-0.2, 0) is 0 Å². The van der Waals surface area contributed by atoms with Crippen molar-refractivity contribution in [3.63, 3.8) is 0 Å². The van der Waals surface area contributed by atoms with Crippen molar-refractivity contribution in [3.8, 4) is 11.4 Å². The van der Waals surface area contributed by atoms with Crippen molar-refractivity contribution in [2.75, 3.05) is 11.9 Å². The number of halogens is 2. The van der Waals surface area contributed by atoms with E-state index in [4.69, 9.17) is 4.52 Å². The van der Waals surface area contributed by atoms with Crippen LogP contribution < -0.4 is 5.32 Å². The molecule has 18 heavy (non-hydrogen) atoms. The first-order chi connectivity index (χ1) is 8.56. The Hall–Kier alpha value is -1.43. The molecule has 0 bridgehead atoms. The first kappa shape index (κ1) is 13.0. The van der Waals surface area contributed by atoms with Crippen LogP contribution in [0.1, 0.15) is 13.8 Å². The summed E-state index contributed by atoms with van der Waals surface area (Å²) in [5, 5.41) is 6.84. The van der Waals surface area contributed by atoms with Crippen LogP contribution in [0.25, 0.3) is 11.4 Å². The second-order valence-electron chi connectivity index (χ2n) is 4.32. The molecule has 0 saturated carbocycles. The van der Waals surface area contributed by atoms with Gasteiger partial charge in [0.25, 0.3) is 0 Å². The van der Waals surface area contributed by atoms with E-state index in [2.05, 4.69) is 45.2 Å². The molecule has 2 aromatic rings. The highest BCUT2D eigenvalue weighted by atomic mass is 79.9. The number of nitrogens with zero attached hydrogens (tertiary/aromatic N) is 2. The molecule has 0 saturated heterocycles. The van der Waals surface area contributed by atoms with E-state index in [9.17, 15) is 4.39 Å². The number of nitrogens with one attached hydrogen (secondary N) is 1. The number of aromatic nitrogens is 2. The highest BCUT2D eigenvalue weighted by Crippen LogP contribution is 2.27. The Labute approximate surface area is 113 Å². The van der Waals surface area contributed by atoms with Gasteiger partial charge in [-0.2, -0.15) is 4.98 Å². The van der Waals surface area contributed by atoms with Gasteiger partial charge in [-0.1, -0.05) is 34.9 Å². The summed E-state index contributed by atoms with van der Waals surface area (Å²) in [6.07, 6.45) is 0. The molecule has 1 aromatic heterocycles. The Morgan fingerprint density at radius 2 is 2.22 bits per heavy atom. The molecule has 1 aromatic carbocycles. The fraction of sp³-hybridized carbons (Fsp3) is 0.333. The topological polar surface area (TPSA) is 51.0 Å². The van der Waals surface area contributed by atoms with Crippen molar-refractivity contribution in [3.05, 3.63) is 28.5 Å². The van der Waals surface area contributed by atoms with Crippen LogP contribution in [0.4, 0.5) is 10.4 Å². The fourth-order valence-electron chi connectivity index (χ4n) is 1.36. The Bertz CT molecular complexity index is 542. The Morgan fingerprint density at radius 1 is 1.44 bits per heavy atom. The molecule has 1 heterocycles. The molecule has 0 aliphatic heterocycles. The average Bonchev–Trinajstić information content (AvgIpc) is 2.78. The molecule has 0 radical (unpaired) electrons. The summed E-state index contributed by atoms with van der Waals surface area (Å²) in [5.74, 6) is 0.489. The minimum absolute atomic E-state index is 0.338. The predicted molar refractivity (Wildman–Crippen MR) is 70.7 cm³/mol. The first-order valence-corrected chi connectivity index (χ1v) is 6.38. The summed E-state index contributed by atoms with van der Waals surface area (Å²) >= 11 is 3.33. The van der Waals surface area contributed by atoms with Crippen molar-refractivity contribution in [1.29, 1.82) is 0 Å². The van der Waals surface area contributed by atoms with Gasteiger partial charge in [0.15, 0.2) is 0 Å². The van der Waals surface area contributed by atoms with E-state index in [1.54, 1.807) is 6.07 Å². The Balaban J connectivity index is 2.21. The smallest absolute Gasteiger partial charge is 0.321 e. The minimum Gasteiger partial charge on any atom is -0.337 e. The van der Waals surface area contributed by atoms with Gasteiger partial charge in [0, 0.05) is 16.6 Å². The third-order valence-corrected chi connectivity index (χ3v) is 2.95. The van der Waals surface area contributed by atoms with Gasteiger partial charge in [0.2, 0.25) is 5.82 Å². The Kier molecular flexibility index (Phi) is 3.96. The Morgan fingerprint density at radius 3 is 2.94 bits per heavy atom. The van der Waals surface area contributed by atoms with Gasteiger partial charge in [0.05, 0.1) is 0 Å². The van der Waals surface area contributed by atoms with Crippen LogP contribution in [0, 0.1) is 11.7 Å². The zero-order chi connectivity index (χ0) is 13.1. The monoisotopic (exact) mass is 313 g/mol. The van der Waals surface area contributed by atoms with Crippen LogP contribution >= 0.6 is 15.9 Å². The molecular weight excluding hydrogens is 301 g/mol. The van der Waals surface area contributed by atoms with Crippen molar-refractivity contribution < 1.29 is 8.91 Å². The highest BCUT2D eigenvalue weighted by molar-refractivity contribution is 9.10. The van der Waals surface area contributed by atoms with Gasteiger partial charge in [-0.3, -0.25) is 0 Å². The maximum atomic E-state index is 13.2. The van der Waals surface area contributed by atoms with E-state index < -0.39 is 0 Å². The van der Waals surface area contributed by atoms with Crippen LogP contribution in [0.5, 0.6) is 0 Å². The van der Waals surface area contributed by atoms with E-state index >= 15 is 0 Å². The van der Waals surface area contributed by atoms with Gasteiger partial charge in [-0.15, -0.1) is 0 Å². The summed E-state index contributed by atoms with van der Waals surface area (Å²) in [5.41, 5.74) is 0.566. The summed E-state index contributed by atoms with van der Waals surface area (Å²) in [6, 6.07) is 4.68. The third kappa shape index (κ3) is 3.07. The molecule has 0 unspecified atom stereocenters. The van der Waals surface area contributed by atoms with E-state index in [0.29, 0.717) is 23.3 Å². The molecule has 0 fully saturated rings. The number of benzene rings is 1. The summed E-state index contributed by atoms with van der Waals surface area (Å²) in [4.78, 5) is 4.17. The second kappa shape index (κ2) is 5.48. The first-order valence-electron chi connectivity index (χ1n) is 5.59. The van der Waals surface area contributed by atoms with Crippen molar-refractivity contribution in [2.45, 2.75) is 13.8 Å².